The number of hydrogen-bond acceptors (Lipinski definition) is 1. The zero-order valence-corrected chi connectivity index (χ0v) is 28.1. The van der Waals surface area contributed by atoms with Crippen LogP contribution in [0.3, 0.4) is 0 Å². The molecule has 8 aromatic carbocycles. The lowest BCUT2D eigenvalue weighted by atomic mass is 9.81. The number of benzene rings is 8. The summed E-state index contributed by atoms with van der Waals surface area (Å²) in [7, 11) is 0. The molecule has 2 heteroatoms. The van der Waals surface area contributed by atoms with E-state index in [0.717, 1.165) is 28.1 Å². The van der Waals surface area contributed by atoms with Crippen molar-refractivity contribution >= 4 is 32.6 Å². The molecular weight excluding hydrogens is 605 g/mol. The van der Waals surface area contributed by atoms with Crippen LogP contribution in [0.15, 0.2) is 170 Å². The summed E-state index contributed by atoms with van der Waals surface area (Å²) in [5.74, 6) is 0.936. The zero-order valence-electron chi connectivity index (χ0n) is 28.1. The normalized spacial score (nSPS) is 13.2. The van der Waals surface area contributed by atoms with E-state index in [-0.39, 0.29) is 5.41 Å². The molecule has 1 aromatic heterocycles. The summed E-state index contributed by atoms with van der Waals surface area (Å²) in [6.45, 7) is 4.69. The molecule has 2 nitrogen and oxygen atoms in total. The average molecular weight is 639 g/mol. The first-order valence-corrected chi connectivity index (χ1v) is 17.4. The van der Waals surface area contributed by atoms with Gasteiger partial charge in [-0.1, -0.05) is 147 Å². The molecular formula is C48H34N2. The fourth-order valence-electron chi connectivity index (χ4n) is 8.50. The summed E-state index contributed by atoms with van der Waals surface area (Å²) >= 11 is 0. The summed E-state index contributed by atoms with van der Waals surface area (Å²) in [5.41, 5.74) is 14.7. The summed E-state index contributed by atoms with van der Waals surface area (Å²) < 4.78 is 2.28. The topological polar surface area (TPSA) is 17.8 Å². The predicted molar refractivity (Wildman–Crippen MR) is 210 cm³/mol. The Kier molecular flexibility index (Phi) is 6.25. The minimum atomic E-state index is -0.0233. The lowest BCUT2D eigenvalue weighted by Crippen LogP contribution is -2.14. The molecule has 0 bridgehead atoms. The molecule has 0 amide bonds. The number of nitrogens with zero attached hydrogens (tertiary/aromatic N) is 2. The third kappa shape index (κ3) is 4.18. The van der Waals surface area contributed by atoms with Crippen molar-refractivity contribution in [3.8, 4) is 50.5 Å². The molecule has 0 fully saturated rings. The van der Waals surface area contributed by atoms with Crippen LogP contribution >= 0.6 is 0 Å². The van der Waals surface area contributed by atoms with Crippen LogP contribution in [0.4, 0.5) is 0 Å². The van der Waals surface area contributed by atoms with Gasteiger partial charge in [-0.3, -0.25) is 4.57 Å². The van der Waals surface area contributed by atoms with Crippen LogP contribution in [0.2, 0.25) is 0 Å². The molecule has 0 spiro atoms. The van der Waals surface area contributed by atoms with E-state index in [2.05, 4.69) is 188 Å². The van der Waals surface area contributed by atoms with Gasteiger partial charge >= 0.3 is 0 Å². The molecule has 0 saturated carbocycles. The van der Waals surface area contributed by atoms with Gasteiger partial charge in [0.2, 0.25) is 0 Å². The molecule has 0 saturated heterocycles. The highest BCUT2D eigenvalue weighted by atomic mass is 15.1. The van der Waals surface area contributed by atoms with Gasteiger partial charge in [0.05, 0.1) is 11.0 Å². The number of para-hydroxylation sites is 3. The van der Waals surface area contributed by atoms with E-state index in [1.54, 1.807) is 0 Å². The van der Waals surface area contributed by atoms with Crippen molar-refractivity contribution in [3.05, 3.63) is 181 Å². The van der Waals surface area contributed by atoms with Gasteiger partial charge in [-0.05, 0) is 102 Å². The SMILES string of the molecule is CC1(C)c2ccccc2-c2cc(-c3c4ccccc4c(-c4cccc(-c5nc6ccccc6n5-c5ccccc5)c4)c4ccccc34)ccc21. The zero-order chi connectivity index (χ0) is 33.4. The minimum absolute atomic E-state index is 0.0233. The van der Waals surface area contributed by atoms with E-state index in [0.29, 0.717) is 0 Å². The Labute approximate surface area is 291 Å². The quantitative estimate of drug-likeness (QED) is 0.175. The van der Waals surface area contributed by atoms with Crippen molar-refractivity contribution in [1.29, 1.82) is 0 Å². The monoisotopic (exact) mass is 638 g/mol. The molecule has 1 aliphatic carbocycles. The number of rotatable bonds is 4. The molecule has 10 rings (SSSR count). The maximum absolute atomic E-state index is 5.19. The second-order valence-corrected chi connectivity index (χ2v) is 13.9. The van der Waals surface area contributed by atoms with Crippen molar-refractivity contribution in [2.75, 3.05) is 0 Å². The van der Waals surface area contributed by atoms with Crippen molar-refractivity contribution in [1.82, 2.24) is 9.55 Å². The van der Waals surface area contributed by atoms with Gasteiger partial charge in [0.25, 0.3) is 0 Å². The maximum Gasteiger partial charge on any atom is 0.145 e. The average Bonchev–Trinajstić information content (AvgIpc) is 3.67. The van der Waals surface area contributed by atoms with Crippen LogP contribution in [0, 0.1) is 0 Å². The van der Waals surface area contributed by atoms with Gasteiger partial charge in [0, 0.05) is 16.7 Å². The van der Waals surface area contributed by atoms with E-state index in [1.807, 2.05) is 0 Å². The Balaban J connectivity index is 1.21. The number of aromatic nitrogens is 2. The van der Waals surface area contributed by atoms with E-state index < -0.39 is 0 Å². The van der Waals surface area contributed by atoms with Crippen LogP contribution < -0.4 is 0 Å². The number of hydrogen-bond donors (Lipinski definition) is 0. The number of fused-ring (bicyclic) bond motifs is 6. The van der Waals surface area contributed by atoms with Gasteiger partial charge in [-0.2, -0.15) is 0 Å². The smallest absolute Gasteiger partial charge is 0.145 e. The molecule has 0 N–H and O–H groups in total. The molecule has 50 heavy (non-hydrogen) atoms. The van der Waals surface area contributed by atoms with Gasteiger partial charge in [-0.15, -0.1) is 0 Å². The molecule has 236 valence electrons. The van der Waals surface area contributed by atoms with E-state index in [4.69, 9.17) is 4.98 Å². The van der Waals surface area contributed by atoms with E-state index in [1.165, 1.54) is 66.1 Å². The second kappa shape index (κ2) is 10.9. The Morgan fingerprint density at radius 1 is 0.440 bits per heavy atom. The largest absolute Gasteiger partial charge is 0.292 e. The number of imidazole rings is 1. The molecule has 1 aliphatic rings. The van der Waals surface area contributed by atoms with Gasteiger partial charge in [0.15, 0.2) is 0 Å². The van der Waals surface area contributed by atoms with Crippen LogP contribution in [0.1, 0.15) is 25.0 Å². The first-order chi connectivity index (χ1) is 24.6. The third-order valence-corrected chi connectivity index (χ3v) is 10.8. The first kappa shape index (κ1) is 28.7. The van der Waals surface area contributed by atoms with Gasteiger partial charge in [-0.25, -0.2) is 4.98 Å². The fourth-order valence-corrected chi connectivity index (χ4v) is 8.50. The molecule has 1 heterocycles. The summed E-state index contributed by atoms with van der Waals surface area (Å²) in [6.07, 6.45) is 0. The molecule has 0 unspecified atom stereocenters. The summed E-state index contributed by atoms with van der Waals surface area (Å²) in [6, 6.07) is 61.8. The Morgan fingerprint density at radius 2 is 1.00 bits per heavy atom. The Morgan fingerprint density at radius 3 is 1.72 bits per heavy atom. The minimum Gasteiger partial charge on any atom is -0.292 e. The van der Waals surface area contributed by atoms with Crippen molar-refractivity contribution in [2.24, 2.45) is 0 Å². The maximum atomic E-state index is 5.19. The van der Waals surface area contributed by atoms with E-state index >= 15 is 0 Å². The van der Waals surface area contributed by atoms with Crippen molar-refractivity contribution in [3.63, 3.8) is 0 Å². The first-order valence-electron chi connectivity index (χ1n) is 17.4. The van der Waals surface area contributed by atoms with E-state index in [9.17, 15) is 0 Å². The molecule has 0 radical (unpaired) electrons. The third-order valence-electron chi connectivity index (χ3n) is 10.8. The lowest BCUT2D eigenvalue weighted by Gasteiger charge is -2.22. The van der Waals surface area contributed by atoms with Crippen LogP contribution in [0.25, 0.3) is 83.0 Å². The van der Waals surface area contributed by atoms with Crippen molar-refractivity contribution in [2.45, 2.75) is 19.3 Å². The molecule has 9 aromatic rings. The van der Waals surface area contributed by atoms with Gasteiger partial charge < -0.3 is 0 Å². The predicted octanol–water partition coefficient (Wildman–Crippen LogP) is 12.6. The highest BCUT2D eigenvalue weighted by Crippen LogP contribution is 2.51. The Hall–Kier alpha value is -6.25. The molecule has 0 atom stereocenters. The van der Waals surface area contributed by atoms with Crippen LogP contribution in [-0.2, 0) is 5.41 Å². The highest BCUT2D eigenvalue weighted by Gasteiger charge is 2.35. The lowest BCUT2D eigenvalue weighted by molar-refractivity contribution is 0.660. The fraction of sp³-hybridized carbons (Fsp3) is 0.0625. The van der Waals surface area contributed by atoms with Crippen LogP contribution in [-0.4, -0.2) is 9.55 Å². The molecule has 0 aliphatic heterocycles. The van der Waals surface area contributed by atoms with Gasteiger partial charge in [0.1, 0.15) is 5.82 Å². The second-order valence-electron chi connectivity index (χ2n) is 13.9. The summed E-state index contributed by atoms with van der Waals surface area (Å²) in [4.78, 5) is 5.19. The standard InChI is InChI=1S/C48H34N2/c1-48(2)41-24-11-10-19-35(41)40-30-32(27-28-42(40)48)46-38-22-8-6-20-36(38)45(37-21-7-9-23-39(37)46)31-15-14-16-33(29-31)47-49-43-25-12-13-26-44(43)50(47)34-17-4-3-5-18-34/h3-30H,1-2H3. The highest BCUT2D eigenvalue weighted by molar-refractivity contribution is 6.21. The van der Waals surface area contributed by atoms with Crippen LogP contribution in [0.5, 0.6) is 0 Å². The summed E-state index contributed by atoms with van der Waals surface area (Å²) in [5, 5.41) is 5.01. The van der Waals surface area contributed by atoms with Crippen molar-refractivity contribution < 1.29 is 0 Å². The Bertz CT molecular complexity index is 2730.